The molecule has 0 saturated heterocycles. The molecule has 3 N–H and O–H groups in total. The SMILES string of the molecule is COCCc1nc(NN)cc(C(C)C)n1. The van der Waals surface area contributed by atoms with Gasteiger partial charge in [0.2, 0.25) is 0 Å². The minimum absolute atomic E-state index is 0.362. The van der Waals surface area contributed by atoms with Crippen LogP contribution in [0.2, 0.25) is 0 Å². The average molecular weight is 210 g/mol. The molecule has 0 spiro atoms. The lowest BCUT2D eigenvalue weighted by Crippen LogP contribution is -2.13. The van der Waals surface area contributed by atoms with E-state index in [-0.39, 0.29) is 0 Å². The summed E-state index contributed by atoms with van der Waals surface area (Å²) >= 11 is 0. The molecule has 0 bridgehead atoms. The first-order chi connectivity index (χ1) is 7.17. The number of ether oxygens (including phenoxy) is 1. The zero-order chi connectivity index (χ0) is 11.3. The second-order valence-electron chi connectivity index (χ2n) is 3.64. The van der Waals surface area contributed by atoms with E-state index >= 15 is 0 Å². The second kappa shape index (κ2) is 5.63. The van der Waals surface area contributed by atoms with Crippen LogP contribution in [-0.2, 0) is 11.2 Å². The smallest absolute Gasteiger partial charge is 0.143 e. The molecule has 5 heteroatoms. The predicted molar refractivity (Wildman–Crippen MR) is 59.5 cm³/mol. The van der Waals surface area contributed by atoms with Crippen molar-refractivity contribution in [1.82, 2.24) is 9.97 Å². The van der Waals surface area contributed by atoms with Crippen LogP contribution in [0.15, 0.2) is 6.07 Å². The highest BCUT2D eigenvalue weighted by Crippen LogP contribution is 2.15. The number of nitrogens with zero attached hydrogens (tertiary/aromatic N) is 2. The van der Waals surface area contributed by atoms with E-state index in [0.717, 1.165) is 11.5 Å². The number of aromatic nitrogens is 2. The fourth-order valence-corrected chi connectivity index (χ4v) is 1.19. The molecule has 84 valence electrons. The number of hydrazine groups is 1. The van der Waals surface area contributed by atoms with Crippen molar-refractivity contribution in [3.63, 3.8) is 0 Å². The third-order valence-corrected chi connectivity index (χ3v) is 2.06. The van der Waals surface area contributed by atoms with E-state index in [1.165, 1.54) is 0 Å². The monoisotopic (exact) mass is 210 g/mol. The van der Waals surface area contributed by atoms with Gasteiger partial charge in [0.05, 0.1) is 6.61 Å². The summed E-state index contributed by atoms with van der Waals surface area (Å²) in [7, 11) is 1.66. The van der Waals surface area contributed by atoms with Gasteiger partial charge in [0.25, 0.3) is 0 Å². The van der Waals surface area contributed by atoms with Crippen LogP contribution in [0.3, 0.4) is 0 Å². The van der Waals surface area contributed by atoms with E-state index in [9.17, 15) is 0 Å². The largest absolute Gasteiger partial charge is 0.384 e. The second-order valence-corrected chi connectivity index (χ2v) is 3.64. The van der Waals surface area contributed by atoms with Crippen molar-refractivity contribution in [3.8, 4) is 0 Å². The molecule has 15 heavy (non-hydrogen) atoms. The lowest BCUT2D eigenvalue weighted by molar-refractivity contribution is 0.200. The van der Waals surface area contributed by atoms with Gasteiger partial charge in [-0.1, -0.05) is 13.8 Å². The molecule has 0 amide bonds. The van der Waals surface area contributed by atoms with Crippen LogP contribution in [0, 0.1) is 0 Å². The van der Waals surface area contributed by atoms with Gasteiger partial charge >= 0.3 is 0 Å². The zero-order valence-electron chi connectivity index (χ0n) is 9.45. The molecule has 1 aromatic rings. The van der Waals surface area contributed by atoms with E-state index in [1.54, 1.807) is 7.11 Å². The Balaban J connectivity index is 2.90. The summed E-state index contributed by atoms with van der Waals surface area (Å²) in [5.74, 6) is 7.12. The van der Waals surface area contributed by atoms with E-state index in [2.05, 4.69) is 29.2 Å². The van der Waals surface area contributed by atoms with Crippen LogP contribution >= 0.6 is 0 Å². The fourth-order valence-electron chi connectivity index (χ4n) is 1.19. The average Bonchev–Trinajstić information content (AvgIpc) is 2.25. The highest BCUT2D eigenvalue weighted by molar-refractivity contribution is 5.35. The summed E-state index contributed by atoms with van der Waals surface area (Å²) in [4.78, 5) is 8.68. The molecule has 0 aliphatic carbocycles. The van der Waals surface area contributed by atoms with Crippen molar-refractivity contribution in [2.75, 3.05) is 19.1 Å². The molecule has 0 aliphatic rings. The Morgan fingerprint density at radius 1 is 1.47 bits per heavy atom. The maximum atomic E-state index is 5.34. The van der Waals surface area contributed by atoms with Gasteiger partial charge < -0.3 is 10.2 Å². The van der Waals surface area contributed by atoms with Crippen molar-refractivity contribution >= 4 is 5.82 Å². The fraction of sp³-hybridized carbons (Fsp3) is 0.600. The zero-order valence-corrected chi connectivity index (χ0v) is 9.45. The summed E-state index contributed by atoms with van der Waals surface area (Å²) in [5.41, 5.74) is 3.54. The minimum atomic E-state index is 0.362. The molecule has 0 aromatic carbocycles. The molecule has 0 atom stereocenters. The predicted octanol–water partition coefficient (Wildman–Crippen LogP) is 1.07. The highest BCUT2D eigenvalue weighted by atomic mass is 16.5. The molecule has 1 rings (SSSR count). The molecule has 1 heterocycles. The number of hydrogen-bond donors (Lipinski definition) is 2. The van der Waals surface area contributed by atoms with Gasteiger partial charge in [-0.05, 0) is 5.92 Å². The Morgan fingerprint density at radius 3 is 2.73 bits per heavy atom. The number of nitrogen functional groups attached to an aromatic ring is 1. The van der Waals surface area contributed by atoms with Gasteiger partial charge in [-0.3, -0.25) is 0 Å². The summed E-state index contributed by atoms with van der Waals surface area (Å²) in [6.45, 7) is 4.79. The number of hydrogen-bond acceptors (Lipinski definition) is 5. The molecule has 0 radical (unpaired) electrons. The molecular formula is C10H18N4O. The third kappa shape index (κ3) is 3.45. The van der Waals surface area contributed by atoms with E-state index in [4.69, 9.17) is 10.6 Å². The molecule has 0 unspecified atom stereocenters. The maximum Gasteiger partial charge on any atom is 0.143 e. The molecular weight excluding hydrogens is 192 g/mol. The van der Waals surface area contributed by atoms with Crippen LogP contribution in [-0.4, -0.2) is 23.7 Å². The van der Waals surface area contributed by atoms with Gasteiger partial charge in [-0.15, -0.1) is 0 Å². The summed E-state index contributed by atoms with van der Waals surface area (Å²) in [6, 6.07) is 1.86. The lowest BCUT2D eigenvalue weighted by Gasteiger charge is -2.09. The van der Waals surface area contributed by atoms with Crippen LogP contribution in [0.5, 0.6) is 0 Å². The summed E-state index contributed by atoms with van der Waals surface area (Å²) < 4.78 is 4.99. The van der Waals surface area contributed by atoms with Gasteiger partial charge in [0.1, 0.15) is 11.6 Å². The highest BCUT2D eigenvalue weighted by Gasteiger charge is 2.06. The molecule has 0 fully saturated rings. The summed E-state index contributed by atoms with van der Waals surface area (Å²) in [6.07, 6.45) is 0.700. The minimum Gasteiger partial charge on any atom is -0.384 e. The normalized spacial score (nSPS) is 10.7. The quantitative estimate of drug-likeness (QED) is 0.562. The van der Waals surface area contributed by atoms with E-state index in [1.807, 2.05) is 6.07 Å². The van der Waals surface area contributed by atoms with Crippen LogP contribution < -0.4 is 11.3 Å². The number of anilines is 1. The number of nitrogens with two attached hydrogens (primary N) is 1. The number of nitrogens with one attached hydrogen (secondary N) is 1. The van der Waals surface area contributed by atoms with Gasteiger partial charge in [0, 0.05) is 25.3 Å². The van der Waals surface area contributed by atoms with Crippen LogP contribution in [0.4, 0.5) is 5.82 Å². The number of methoxy groups -OCH3 is 1. The first-order valence-corrected chi connectivity index (χ1v) is 5.00. The third-order valence-electron chi connectivity index (χ3n) is 2.06. The Morgan fingerprint density at radius 2 is 2.20 bits per heavy atom. The topological polar surface area (TPSA) is 73.1 Å². The van der Waals surface area contributed by atoms with Gasteiger partial charge in [-0.2, -0.15) is 0 Å². The van der Waals surface area contributed by atoms with Crippen molar-refractivity contribution in [1.29, 1.82) is 0 Å². The number of rotatable bonds is 5. The van der Waals surface area contributed by atoms with Crippen molar-refractivity contribution in [2.24, 2.45) is 5.84 Å². The Labute approximate surface area is 90.0 Å². The first-order valence-electron chi connectivity index (χ1n) is 5.00. The first kappa shape index (κ1) is 11.9. The van der Waals surface area contributed by atoms with Gasteiger partial charge in [0.15, 0.2) is 0 Å². The van der Waals surface area contributed by atoms with E-state index in [0.29, 0.717) is 24.8 Å². The lowest BCUT2D eigenvalue weighted by atomic mass is 10.1. The van der Waals surface area contributed by atoms with Crippen LogP contribution in [0.25, 0.3) is 0 Å². The molecule has 0 aliphatic heterocycles. The Hall–Kier alpha value is -1.20. The van der Waals surface area contributed by atoms with Crippen LogP contribution in [0.1, 0.15) is 31.3 Å². The standard InChI is InChI=1S/C10H18N4O/c1-7(2)8-6-10(14-11)13-9(12-8)4-5-15-3/h6-7H,4-5,11H2,1-3H3,(H,12,13,14). The molecule has 0 saturated carbocycles. The van der Waals surface area contributed by atoms with Crippen molar-refractivity contribution in [3.05, 3.63) is 17.6 Å². The van der Waals surface area contributed by atoms with E-state index < -0.39 is 0 Å². The maximum absolute atomic E-state index is 5.34. The molecule has 1 aromatic heterocycles. The molecule has 5 nitrogen and oxygen atoms in total. The Kier molecular flexibility index (Phi) is 4.45. The Bertz CT molecular complexity index is 314. The van der Waals surface area contributed by atoms with Crippen molar-refractivity contribution < 1.29 is 4.74 Å². The van der Waals surface area contributed by atoms with Crippen molar-refractivity contribution in [2.45, 2.75) is 26.2 Å². The van der Waals surface area contributed by atoms with Gasteiger partial charge in [-0.25, -0.2) is 15.8 Å². The summed E-state index contributed by atoms with van der Waals surface area (Å²) in [5, 5.41) is 0.